The molecule has 1 aliphatic heterocycles. The Kier molecular flexibility index (Phi) is 5.28. The summed E-state index contributed by atoms with van der Waals surface area (Å²) in [5.74, 6) is 1.85. The lowest BCUT2D eigenvalue weighted by molar-refractivity contribution is 0.142. The van der Waals surface area contributed by atoms with Crippen molar-refractivity contribution in [3.63, 3.8) is 0 Å². The number of rotatable bonds is 5. The third kappa shape index (κ3) is 4.20. The van der Waals surface area contributed by atoms with Gasteiger partial charge in [-0.05, 0) is 24.5 Å². The molecule has 3 heteroatoms. The quantitative estimate of drug-likeness (QED) is 0.737. The van der Waals surface area contributed by atoms with Crippen molar-refractivity contribution >= 4 is 11.8 Å². The van der Waals surface area contributed by atoms with Crippen molar-refractivity contribution in [1.82, 2.24) is 5.32 Å². The second-order valence-electron chi connectivity index (χ2n) is 4.66. The van der Waals surface area contributed by atoms with E-state index >= 15 is 0 Å². The van der Waals surface area contributed by atoms with Crippen LogP contribution < -0.4 is 5.32 Å². The first kappa shape index (κ1) is 12.3. The lowest BCUT2D eigenvalue weighted by Crippen LogP contribution is -2.39. The van der Waals surface area contributed by atoms with Crippen LogP contribution in [0.15, 0.2) is 0 Å². The van der Waals surface area contributed by atoms with Gasteiger partial charge in [-0.25, -0.2) is 0 Å². The zero-order valence-electron chi connectivity index (χ0n) is 9.49. The minimum absolute atomic E-state index is 0.173. The molecule has 0 amide bonds. The highest BCUT2D eigenvalue weighted by Gasteiger charge is 2.23. The first-order valence-electron chi connectivity index (χ1n) is 5.62. The zero-order chi connectivity index (χ0) is 10.6. The van der Waals surface area contributed by atoms with Gasteiger partial charge in [0.15, 0.2) is 0 Å². The highest BCUT2D eigenvalue weighted by molar-refractivity contribution is 8.00. The van der Waals surface area contributed by atoms with Gasteiger partial charge >= 0.3 is 0 Å². The van der Waals surface area contributed by atoms with Crippen LogP contribution in [-0.4, -0.2) is 34.8 Å². The largest absolute Gasteiger partial charge is 0.392 e. The molecule has 1 fully saturated rings. The van der Waals surface area contributed by atoms with E-state index in [-0.39, 0.29) is 6.10 Å². The summed E-state index contributed by atoms with van der Waals surface area (Å²) in [6, 6.07) is 0.613. The highest BCUT2D eigenvalue weighted by Crippen LogP contribution is 2.25. The summed E-state index contributed by atoms with van der Waals surface area (Å²) in [5, 5.41) is 13.9. The summed E-state index contributed by atoms with van der Waals surface area (Å²) in [6.45, 7) is 7.33. The molecule has 0 radical (unpaired) electrons. The van der Waals surface area contributed by atoms with Crippen molar-refractivity contribution in [2.24, 2.45) is 5.92 Å². The molecule has 3 unspecified atom stereocenters. The lowest BCUT2D eigenvalue weighted by Gasteiger charge is -2.20. The second-order valence-corrected chi connectivity index (χ2v) is 6.15. The molecule has 2 N–H and O–H groups in total. The molecule has 0 bridgehead atoms. The minimum atomic E-state index is -0.173. The Morgan fingerprint density at radius 1 is 1.50 bits per heavy atom. The number of aliphatic hydroxyl groups excluding tert-OH is 1. The molecule has 14 heavy (non-hydrogen) atoms. The average Bonchev–Trinajstić information content (AvgIpc) is 2.46. The lowest BCUT2D eigenvalue weighted by atomic mass is 10.1. The van der Waals surface area contributed by atoms with E-state index in [4.69, 9.17) is 0 Å². The fourth-order valence-corrected chi connectivity index (χ4v) is 3.14. The number of hydrogen-bond acceptors (Lipinski definition) is 3. The summed E-state index contributed by atoms with van der Waals surface area (Å²) in [4.78, 5) is 0. The molecule has 3 atom stereocenters. The van der Waals surface area contributed by atoms with Crippen molar-refractivity contribution in [3.05, 3.63) is 0 Å². The van der Waals surface area contributed by atoms with Crippen LogP contribution in [-0.2, 0) is 0 Å². The highest BCUT2D eigenvalue weighted by atomic mass is 32.2. The van der Waals surface area contributed by atoms with E-state index in [9.17, 15) is 5.11 Å². The molecule has 1 heterocycles. The zero-order valence-corrected chi connectivity index (χ0v) is 10.3. The predicted molar refractivity (Wildman–Crippen MR) is 63.8 cm³/mol. The van der Waals surface area contributed by atoms with E-state index < -0.39 is 0 Å². The van der Waals surface area contributed by atoms with E-state index in [1.165, 1.54) is 12.2 Å². The molecule has 0 aromatic rings. The fraction of sp³-hybridized carbons (Fsp3) is 1.00. The van der Waals surface area contributed by atoms with Crippen molar-refractivity contribution in [2.75, 3.05) is 12.3 Å². The van der Waals surface area contributed by atoms with Crippen molar-refractivity contribution in [3.8, 4) is 0 Å². The number of aliphatic hydroxyl groups is 1. The van der Waals surface area contributed by atoms with Crippen LogP contribution in [0.4, 0.5) is 0 Å². The van der Waals surface area contributed by atoms with E-state index in [0.29, 0.717) is 17.2 Å². The first-order valence-corrected chi connectivity index (χ1v) is 6.67. The van der Waals surface area contributed by atoms with Gasteiger partial charge in [0.05, 0.1) is 6.10 Å². The van der Waals surface area contributed by atoms with Crippen molar-refractivity contribution < 1.29 is 5.11 Å². The SMILES string of the molecule is CC(C)CC(O)CNC1CCSC1C. The average molecular weight is 217 g/mol. The number of thioether (sulfide) groups is 1. The summed E-state index contributed by atoms with van der Waals surface area (Å²) in [7, 11) is 0. The van der Waals surface area contributed by atoms with E-state index in [1.54, 1.807) is 0 Å². The van der Waals surface area contributed by atoms with Crippen LogP contribution in [0.1, 0.15) is 33.6 Å². The van der Waals surface area contributed by atoms with Gasteiger partial charge in [0, 0.05) is 17.8 Å². The molecule has 0 aliphatic carbocycles. The van der Waals surface area contributed by atoms with Gasteiger partial charge in [-0.2, -0.15) is 11.8 Å². The summed E-state index contributed by atoms with van der Waals surface area (Å²) in [6.07, 6.45) is 1.98. The van der Waals surface area contributed by atoms with Gasteiger partial charge < -0.3 is 10.4 Å². The standard InChI is InChI=1S/C11H23NOS/c1-8(2)6-10(13)7-12-11-4-5-14-9(11)3/h8-13H,4-7H2,1-3H3. The Bertz CT molecular complexity index is 163. The Morgan fingerprint density at radius 2 is 2.21 bits per heavy atom. The van der Waals surface area contributed by atoms with Crippen molar-refractivity contribution in [1.29, 1.82) is 0 Å². The normalized spacial score (nSPS) is 29.8. The van der Waals surface area contributed by atoms with Crippen LogP contribution in [0.5, 0.6) is 0 Å². The molecule has 0 aromatic heterocycles. The minimum Gasteiger partial charge on any atom is -0.392 e. The van der Waals surface area contributed by atoms with Gasteiger partial charge in [-0.1, -0.05) is 20.8 Å². The van der Waals surface area contributed by atoms with Gasteiger partial charge in [-0.15, -0.1) is 0 Å². The number of hydrogen-bond donors (Lipinski definition) is 2. The second kappa shape index (κ2) is 5.99. The fourth-order valence-electron chi connectivity index (χ4n) is 1.91. The maximum absolute atomic E-state index is 9.70. The smallest absolute Gasteiger partial charge is 0.0667 e. The monoisotopic (exact) mass is 217 g/mol. The summed E-state index contributed by atoms with van der Waals surface area (Å²) < 4.78 is 0. The Hall–Kier alpha value is 0.270. The molecule has 0 aromatic carbocycles. The molecular weight excluding hydrogens is 194 g/mol. The third-order valence-corrected chi connectivity index (χ3v) is 4.06. The maximum atomic E-state index is 9.70. The maximum Gasteiger partial charge on any atom is 0.0667 e. The first-order chi connectivity index (χ1) is 6.59. The summed E-state index contributed by atoms with van der Waals surface area (Å²) >= 11 is 2.03. The van der Waals surface area contributed by atoms with Crippen LogP contribution in [0.25, 0.3) is 0 Å². The molecule has 1 rings (SSSR count). The number of nitrogens with one attached hydrogen (secondary N) is 1. The van der Waals surface area contributed by atoms with E-state index in [1.807, 2.05) is 11.8 Å². The Morgan fingerprint density at radius 3 is 2.71 bits per heavy atom. The molecule has 84 valence electrons. The van der Waals surface area contributed by atoms with Crippen LogP contribution in [0.3, 0.4) is 0 Å². The van der Waals surface area contributed by atoms with Crippen LogP contribution in [0.2, 0.25) is 0 Å². The molecule has 1 aliphatic rings. The van der Waals surface area contributed by atoms with Gasteiger partial charge in [-0.3, -0.25) is 0 Å². The molecule has 1 saturated heterocycles. The van der Waals surface area contributed by atoms with Gasteiger partial charge in [0.25, 0.3) is 0 Å². The topological polar surface area (TPSA) is 32.3 Å². The third-order valence-electron chi connectivity index (χ3n) is 2.74. The Labute approximate surface area is 91.9 Å². The van der Waals surface area contributed by atoms with Crippen LogP contribution >= 0.6 is 11.8 Å². The Balaban J connectivity index is 2.13. The molecular formula is C11H23NOS. The predicted octanol–water partition coefficient (Wildman–Crippen LogP) is 1.88. The van der Waals surface area contributed by atoms with E-state index in [0.717, 1.165) is 13.0 Å². The van der Waals surface area contributed by atoms with Gasteiger partial charge in [0.1, 0.15) is 0 Å². The van der Waals surface area contributed by atoms with Crippen molar-refractivity contribution in [2.45, 2.75) is 51.0 Å². The van der Waals surface area contributed by atoms with Gasteiger partial charge in [0.2, 0.25) is 0 Å². The molecule has 0 saturated carbocycles. The molecule has 0 spiro atoms. The van der Waals surface area contributed by atoms with E-state index in [2.05, 4.69) is 26.1 Å². The molecule has 2 nitrogen and oxygen atoms in total. The van der Waals surface area contributed by atoms with Crippen LogP contribution in [0, 0.1) is 5.92 Å². The summed E-state index contributed by atoms with van der Waals surface area (Å²) in [5.41, 5.74) is 0.